The molecule has 3 aromatic heterocycles. The van der Waals surface area contributed by atoms with Crippen molar-refractivity contribution in [2.24, 2.45) is 0 Å². The summed E-state index contributed by atoms with van der Waals surface area (Å²) in [5.41, 5.74) is 2.26. The molecule has 4 aromatic rings. The average molecular weight is 337 g/mol. The highest BCUT2D eigenvalue weighted by atomic mass is 16.3. The zero-order valence-corrected chi connectivity index (χ0v) is 13.1. The zero-order chi connectivity index (χ0) is 17.4. The number of hydrogen-bond donors (Lipinski definition) is 5. The van der Waals surface area contributed by atoms with E-state index in [1.807, 2.05) is 24.3 Å². The smallest absolute Gasteiger partial charge is 0.314 e. The number of aromatic amines is 3. The van der Waals surface area contributed by atoms with Crippen molar-refractivity contribution in [2.45, 2.75) is 0 Å². The van der Waals surface area contributed by atoms with Crippen molar-refractivity contribution in [3.8, 4) is 11.1 Å². The van der Waals surface area contributed by atoms with Crippen LogP contribution in [-0.4, -0.2) is 38.2 Å². The van der Waals surface area contributed by atoms with E-state index in [1.165, 1.54) is 0 Å². The molecule has 1 aromatic carbocycles. The maximum Gasteiger partial charge on any atom is 0.314 e. The van der Waals surface area contributed by atoms with Crippen LogP contribution in [0.1, 0.15) is 0 Å². The number of aromatic nitrogens is 4. The summed E-state index contributed by atoms with van der Waals surface area (Å²) >= 11 is 0. The van der Waals surface area contributed by atoms with Crippen LogP contribution >= 0.6 is 0 Å². The molecule has 8 heteroatoms. The van der Waals surface area contributed by atoms with Crippen molar-refractivity contribution < 1.29 is 5.11 Å². The molecule has 0 aliphatic rings. The molecule has 3 heterocycles. The quantitative estimate of drug-likeness (QED) is 0.357. The summed E-state index contributed by atoms with van der Waals surface area (Å²) in [5, 5.41) is 13.0. The maximum atomic E-state index is 11.6. The molecule has 0 radical (unpaired) electrons. The van der Waals surface area contributed by atoms with E-state index in [-0.39, 0.29) is 6.61 Å². The van der Waals surface area contributed by atoms with Crippen LogP contribution in [0.4, 0.5) is 5.82 Å². The molecule has 5 N–H and O–H groups in total. The van der Waals surface area contributed by atoms with E-state index in [9.17, 15) is 9.59 Å². The van der Waals surface area contributed by atoms with Crippen LogP contribution in [0.3, 0.4) is 0 Å². The molecular formula is C17H15N5O3. The van der Waals surface area contributed by atoms with Gasteiger partial charge in [0.25, 0.3) is 0 Å². The number of pyridine rings is 1. The SMILES string of the molecule is O=c1[nH]c2ccc(-c3cc(NCCO)nc4[nH]ccc34)cc2[nH]c1=O. The number of nitrogens with one attached hydrogen (secondary N) is 4. The number of fused-ring (bicyclic) bond motifs is 2. The third kappa shape index (κ3) is 2.68. The molecule has 0 aliphatic carbocycles. The molecule has 0 saturated heterocycles. The van der Waals surface area contributed by atoms with E-state index in [4.69, 9.17) is 5.11 Å². The van der Waals surface area contributed by atoms with Crippen molar-refractivity contribution in [1.29, 1.82) is 0 Å². The predicted molar refractivity (Wildman–Crippen MR) is 95.9 cm³/mol. The third-order valence-corrected chi connectivity index (χ3v) is 3.98. The molecule has 0 saturated carbocycles. The van der Waals surface area contributed by atoms with Gasteiger partial charge in [-0.15, -0.1) is 0 Å². The Balaban J connectivity index is 1.92. The normalized spacial score (nSPS) is 11.2. The lowest BCUT2D eigenvalue weighted by Gasteiger charge is -2.09. The van der Waals surface area contributed by atoms with E-state index in [2.05, 4.69) is 25.3 Å². The minimum Gasteiger partial charge on any atom is -0.395 e. The van der Waals surface area contributed by atoms with Crippen molar-refractivity contribution >= 4 is 27.9 Å². The molecular weight excluding hydrogens is 322 g/mol. The Kier molecular flexibility index (Phi) is 3.58. The highest BCUT2D eigenvalue weighted by Gasteiger charge is 2.10. The van der Waals surface area contributed by atoms with Gasteiger partial charge in [-0.2, -0.15) is 0 Å². The summed E-state index contributed by atoms with van der Waals surface area (Å²) in [6, 6.07) is 9.24. The third-order valence-electron chi connectivity index (χ3n) is 3.98. The van der Waals surface area contributed by atoms with Gasteiger partial charge in [-0.3, -0.25) is 9.59 Å². The second-order valence-corrected chi connectivity index (χ2v) is 5.61. The first-order valence-corrected chi connectivity index (χ1v) is 7.75. The minimum absolute atomic E-state index is 0.00432. The average Bonchev–Trinajstić information content (AvgIpc) is 3.08. The molecule has 4 rings (SSSR count). The van der Waals surface area contributed by atoms with E-state index >= 15 is 0 Å². The van der Waals surface area contributed by atoms with Crippen LogP contribution in [0.5, 0.6) is 0 Å². The molecule has 126 valence electrons. The van der Waals surface area contributed by atoms with E-state index < -0.39 is 11.1 Å². The Morgan fingerprint density at radius 2 is 1.84 bits per heavy atom. The van der Waals surface area contributed by atoms with E-state index in [0.29, 0.717) is 29.0 Å². The number of nitrogens with zero attached hydrogens (tertiary/aromatic N) is 1. The topological polar surface area (TPSA) is 127 Å². The lowest BCUT2D eigenvalue weighted by atomic mass is 10.0. The highest BCUT2D eigenvalue weighted by molar-refractivity contribution is 5.96. The Labute approximate surface area is 140 Å². The number of H-pyrrole nitrogens is 3. The van der Waals surface area contributed by atoms with Gasteiger partial charge < -0.3 is 25.4 Å². The van der Waals surface area contributed by atoms with Crippen LogP contribution in [0, 0.1) is 0 Å². The van der Waals surface area contributed by atoms with Crippen molar-refractivity contribution in [1.82, 2.24) is 19.9 Å². The van der Waals surface area contributed by atoms with E-state index in [0.717, 1.165) is 16.5 Å². The summed E-state index contributed by atoms with van der Waals surface area (Å²) in [7, 11) is 0. The molecule has 0 atom stereocenters. The zero-order valence-electron chi connectivity index (χ0n) is 13.1. The summed E-state index contributed by atoms with van der Waals surface area (Å²) in [6.45, 7) is 0.398. The lowest BCUT2D eigenvalue weighted by molar-refractivity contribution is 0.311. The van der Waals surface area contributed by atoms with Crippen LogP contribution in [-0.2, 0) is 0 Å². The molecule has 8 nitrogen and oxygen atoms in total. The fraction of sp³-hybridized carbons (Fsp3) is 0.118. The van der Waals surface area contributed by atoms with Gasteiger partial charge in [-0.25, -0.2) is 4.98 Å². The Hall–Kier alpha value is -3.39. The van der Waals surface area contributed by atoms with Gasteiger partial charge in [0.2, 0.25) is 0 Å². The van der Waals surface area contributed by atoms with Crippen LogP contribution in [0.25, 0.3) is 33.2 Å². The summed E-state index contributed by atoms with van der Waals surface area (Å²) < 4.78 is 0. The van der Waals surface area contributed by atoms with Crippen LogP contribution in [0.2, 0.25) is 0 Å². The molecule has 0 aliphatic heterocycles. The van der Waals surface area contributed by atoms with Gasteiger partial charge >= 0.3 is 11.1 Å². The number of aliphatic hydroxyl groups is 1. The second kappa shape index (κ2) is 5.91. The second-order valence-electron chi connectivity index (χ2n) is 5.61. The number of aliphatic hydroxyl groups excluding tert-OH is 1. The largest absolute Gasteiger partial charge is 0.395 e. The van der Waals surface area contributed by atoms with Crippen molar-refractivity contribution in [2.75, 3.05) is 18.5 Å². The van der Waals surface area contributed by atoms with E-state index in [1.54, 1.807) is 12.3 Å². The summed E-state index contributed by atoms with van der Waals surface area (Å²) in [4.78, 5) is 35.7. The standard InChI is InChI=1S/C17H15N5O3/c23-6-5-18-14-8-11(10-3-4-19-15(10)22-14)9-1-2-12-13(7-9)21-17(25)16(24)20-12/h1-4,7-8,23H,5-6H2,(H,20,24)(H,21,25)(H2,18,19,22). The number of hydrogen-bond acceptors (Lipinski definition) is 5. The monoisotopic (exact) mass is 337 g/mol. The van der Waals surface area contributed by atoms with Crippen molar-refractivity contribution in [3.63, 3.8) is 0 Å². The number of benzene rings is 1. The number of rotatable bonds is 4. The highest BCUT2D eigenvalue weighted by Crippen LogP contribution is 2.30. The number of anilines is 1. The van der Waals surface area contributed by atoms with Gasteiger partial charge in [0.1, 0.15) is 11.5 Å². The first-order chi connectivity index (χ1) is 12.2. The van der Waals surface area contributed by atoms with Gasteiger partial charge in [0.05, 0.1) is 17.6 Å². The van der Waals surface area contributed by atoms with Gasteiger partial charge in [0.15, 0.2) is 0 Å². The Morgan fingerprint density at radius 1 is 1.04 bits per heavy atom. The summed E-state index contributed by atoms with van der Waals surface area (Å²) in [5.74, 6) is 0.633. The molecule has 0 unspecified atom stereocenters. The molecule has 25 heavy (non-hydrogen) atoms. The molecule has 0 fully saturated rings. The van der Waals surface area contributed by atoms with Gasteiger partial charge in [-0.05, 0) is 35.4 Å². The predicted octanol–water partition coefficient (Wildman–Crippen LogP) is 1.16. The first kappa shape index (κ1) is 15.2. The summed E-state index contributed by atoms with van der Waals surface area (Å²) in [6.07, 6.45) is 1.80. The fourth-order valence-electron chi connectivity index (χ4n) is 2.83. The maximum absolute atomic E-state index is 11.6. The van der Waals surface area contributed by atoms with Gasteiger partial charge in [0, 0.05) is 18.1 Å². The van der Waals surface area contributed by atoms with Gasteiger partial charge in [-0.1, -0.05) is 6.07 Å². The Bertz CT molecular complexity index is 1190. The first-order valence-electron chi connectivity index (χ1n) is 7.75. The molecule has 0 amide bonds. The van der Waals surface area contributed by atoms with Crippen molar-refractivity contribution in [3.05, 3.63) is 57.2 Å². The Morgan fingerprint density at radius 3 is 2.64 bits per heavy atom. The molecule has 0 bridgehead atoms. The van der Waals surface area contributed by atoms with Crippen LogP contribution in [0.15, 0.2) is 46.1 Å². The minimum atomic E-state index is -0.684. The fourth-order valence-corrected chi connectivity index (χ4v) is 2.83. The lowest BCUT2D eigenvalue weighted by Crippen LogP contribution is -2.28. The van der Waals surface area contributed by atoms with Crippen LogP contribution < -0.4 is 16.4 Å². The molecule has 0 spiro atoms.